The Morgan fingerprint density at radius 2 is 2.10 bits per heavy atom. The van der Waals surface area contributed by atoms with E-state index < -0.39 is 0 Å². The van der Waals surface area contributed by atoms with E-state index in [1.54, 1.807) is 26.6 Å². The van der Waals surface area contributed by atoms with E-state index in [0.717, 1.165) is 11.1 Å². The molecule has 1 unspecified atom stereocenters. The first-order valence-corrected chi connectivity index (χ1v) is 6.29. The summed E-state index contributed by atoms with van der Waals surface area (Å²) >= 11 is 0. The molecule has 0 aliphatic heterocycles. The van der Waals surface area contributed by atoms with Crippen LogP contribution in [0.15, 0.2) is 42.7 Å². The zero-order valence-electron chi connectivity index (χ0n) is 11.5. The van der Waals surface area contributed by atoms with Crippen LogP contribution in [0.3, 0.4) is 0 Å². The van der Waals surface area contributed by atoms with E-state index in [9.17, 15) is 5.26 Å². The summed E-state index contributed by atoms with van der Waals surface area (Å²) in [7, 11) is 3.21. The average Bonchev–Trinajstić information content (AvgIpc) is 2.53. The van der Waals surface area contributed by atoms with Crippen LogP contribution in [0, 0.1) is 11.3 Å². The third-order valence-electron chi connectivity index (χ3n) is 3.13. The lowest BCUT2D eigenvalue weighted by atomic mass is 9.93. The second-order valence-electron chi connectivity index (χ2n) is 4.35. The summed E-state index contributed by atoms with van der Waals surface area (Å²) in [5.74, 6) is 1.11. The summed E-state index contributed by atoms with van der Waals surface area (Å²) in [6, 6.07) is 11.7. The number of ether oxygens (including phenoxy) is 2. The summed E-state index contributed by atoms with van der Waals surface area (Å²) < 4.78 is 10.6. The molecule has 1 aromatic heterocycles. The Morgan fingerprint density at radius 3 is 2.70 bits per heavy atom. The quantitative estimate of drug-likeness (QED) is 0.836. The Kier molecular flexibility index (Phi) is 4.56. The average molecular weight is 268 g/mol. The molecule has 0 saturated heterocycles. The van der Waals surface area contributed by atoms with Crippen LogP contribution in [0.4, 0.5) is 0 Å². The van der Waals surface area contributed by atoms with Crippen LogP contribution in [0.2, 0.25) is 0 Å². The monoisotopic (exact) mass is 268 g/mol. The van der Waals surface area contributed by atoms with Crippen LogP contribution in [0.5, 0.6) is 11.5 Å². The van der Waals surface area contributed by atoms with Crippen LogP contribution < -0.4 is 9.47 Å². The molecule has 20 heavy (non-hydrogen) atoms. The molecule has 0 N–H and O–H groups in total. The lowest BCUT2D eigenvalue weighted by Gasteiger charge is -2.15. The molecule has 0 aliphatic carbocycles. The highest BCUT2D eigenvalue weighted by molar-refractivity contribution is 5.45. The van der Waals surface area contributed by atoms with Gasteiger partial charge in [0.05, 0.1) is 26.2 Å². The molecule has 0 saturated carbocycles. The zero-order chi connectivity index (χ0) is 14.4. The molecule has 4 nitrogen and oxygen atoms in total. The number of pyridine rings is 1. The fourth-order valence-electron chi connectivity index (χ4n) is 2.09. The van der Waals surface area contributed by atoms with Crippen LogP contribution in [0.25, 0.3) is 0 Å². The maximum Gasteiger partial charge on any atom is 0.123 e. The van der Waals surface area contributed by atoms with E-state index in [1.165, 1.54) is 0 Å². The van der Waals surface area contributed by atoms with Gasteiger partial charge in [-0.15, -0.1) is 0 Å². The van der Waals surface area contributed by atoms with Gasteiger partial charge in [0.25, 0.3) is 0 Å². The van der Waals surface area contributed by atoms with Crippen molar-refractivity contribution in [3.8, 4) is 17.6 Å². The van der Waals surface area contributed by atoms with E-state index in [-0.39, 0.29) is 5.92 Å². The summed E-state index contributed by atoms with van der Waals surface area (Å²) in [6.45, 7) is 0. The third-order valence-corrected chi connectivity index (χ3v) is 3.13. The molecule has 2 rings (SSSR count). The molecule has 0 bridgehead atoms. The van der Waals surface area contributed by atoms with Crippen LogP contribution >= 0.6 is 0 Å². The van der Waals surface area contributed by atoms with Crippen molar-refractivity contribution in [1.29, 1.82) is 5.26 Å². The molecule has 1 heterocycles. The van der Waals surface area contributed by atoms with Crippen molar-refractivity contribution in [2.45, 2.75) is 12.3 Å². The normalized spacial score (nSPS) is 11.4. The van der Waals surface area contributed by atoms with E-state index >= 15 is 0 Å². The van der Waals surface area contributed by atoms with Gasteiger partial charge in [0.2, 0.25) is 0 Å². The fourth-order valence-corrected chi connectivity index (χ4v) is 2.09. The first kappa shape index (κ1) is 13.9. The standard InChI is InChI=1S/C16H16N2O2/c1-19-14-5-6-16(20-2)15(9-14)13(10-17)8-12-4-3-7-18-11-12/h3-7,9,11,13H,8H2,1-2H3. The minimum absolute atomic E-state index is 0.302. The van der Waals surface area contributed by atoms with Crippen molar-refractivity contribution in [2.75, 3.05) is 14.2 Å². The number of hydrogen-bond acceptors (Lipinski definition) is 4. The number of hydrogen-bond donors (Lipinski definition) is 0. The molecule has 0 aliphatic rings. The topological polar surface area (TPSA) is 55.1 Å². The molecule has 0 amide bonds. The molecule has 2 aromatic rings. The lowest BCUT2D eigenvalue weighted by molar-refractivity contribution is 0.397. The number of nitriles is 1. The molecule has 0 fully saturated rings. The number of rotatable bonds is 5. The Labute approximate surface area is 118 Å². The molecule has 1 aromatic carbocycles. The predicted molar refractivity (Wildman–Crippen MR) is 75.8 cm³/mol. The van der Waals surface area contributed by atoms with Crippen molar-refractivity contribution in [2.24, 2.45) is 0 Å². The maximum atomic E-state index is 9.46. The highest BCUT2D eigenvalue weighted by atomic mass is 16.5. The first-order chi connectivity index (χ1) is 9.78. The van der Waals surface area contributed by atoms with Crippen LogP contribution in [0.1, 0.15) is 17.0 Å². The second-order valence-corrected chi connectivity index (χ2v) is 4.35. The summed E-state index contributed by atoms with van der Waals surface area (Å²) in [4.78, 5) is 4.08. The number of benzene rings is 1. The van der Waals surface area contributed by atoms with Gasteiger partial charge >= 0.3 is 0 Å². The number of nitrogens with zero attached hydrogens (tertiary/aromatic N) is 2. The largest absolute Gasteiger partial charge is 0.497 e. The molecule has 0 spiro atoms. The van der Waals surface area contributed by atoms with Crippen molar-refractivity contribution >= 4 is 0 Å². The molecule has 1 atom stereocenters. The van der Waals surface area contributed by atoms with E-state index in [2.05, 4.69) is 11.1 Å². The molecule has 102 valence electrons. The third kappa shape index (κ3) is 3.07. The van der Waals surface area contributed by atoms with Crippen LogP contribution in [-0.4, -0.2) is 19.2 Å². The summed E-state index contributed by atoms with van der Waals surface area (Å²) in [5, 5.41) is 9.46. The molecule has 4 heteroatoms. The Bertz CT molecular complexity index is 606. The molecule has 0 radical (unpaired) electrons. The summed E-state index contributed by atoms with van der Waals surface area (Å²) in [5.41, 5.74) is 1.85. The van der Waals surface area contributed by atoms with Gasteiger partial charge in [0, 0.05) is 18.0 Å². The summed E-state index contributed by atoms with van der Waals surface area (Å²) in [6.07, 6.45) is 4.09. The van der Waals surface area contributed by atoms with Crippen molar-refractivity contribution in [1.82, 2.24) is 4.98 Å². The first-order valence-electron chi connectivity index (χ1n) is 6.29. The lowest BCUT2D eigenvalue weighted by Crippen LogP contribution is -2.04. The Morgan fingerprint density at radius 1 is 1.25 bits per heavy atom. The van der Waals surface area contributed by atoms with Gasteiger partial charge in [-0.05, 0) is 36.2 Å². The predicted octanol–water partition coefficient (Wildman–Crippen LogP) is 2.95. The van der Waals surface area contributed by atoms with E-state index in [0.29, 0.717) is 17.9 Å². The van der Waals surface area contributed by atoms with Gasteiger partial charge in [0.1, 0.15) is 11.5 Å². The van der Waals surface area contributed by atoms with Gasteiger partial charge in [-0.3, -0.25) is 4.98 Å². The minimum atomic E-state index is -0.302. The van der Waals surface area contributed by atoms with Gasteiger partial charge < -0.3 is 9.47 Å². The van der Waals surface area contributed by atoms with Gasteiger partial charge in [0.15, 0.2) is 0 Å². The van der Waals surface area contributed by atoms with E-state index in [4.69, 9.17) is 9.47 Å². The Hall–Kier alpha value is -2.54. The Balaban J connectivity index is 2.34. The minimum Gasteiger partial charge on any atom is -0.497 e. The number of aromatic nitrogens is 1. The molecular formula is C16H16N2O2. The van der Waals surface area contributed by atoms with Crippen LogP contribution in [-0.2, 0) is 6.42 Å². The zero-order valence-corrected chi connectivity index (χ0v) is 11.5. The highest BCUT2D eigenvalue weighted by Gasteiger charge is 2.17. The van der Waals surface area contributed by atoms with Gasteiger partial charge in [-0.25, -0.2) is 0 Å². The fraction of sp³-hybridized carbons (Fsp3) is 0.250. The van der Waals surface area contributed by atoms with Crippen molar-refractivity contribution in [3.05, 3.63) is 53.9 Å². The van der Waals surface area contributed by atoms with E-state index in [1.807, 2.05) is 30.3 Å². The molecular weight excluding hydrogens is 252 g/mol. The maximum absolute atomic E-state index is 9.46. The SMILES string of the molecule is COc1ccc(OC)c(C(C#N)Cc2cccnc2)c1. The second kappa shape index (κ2) is 6.58. The van der Waals surface area contributed by atoms with Crippen molar-refractivity contribution in [3.63, 3.8) is 0 Å². The van der Waals surface area contributed by atoms with Crippen molar-refractivity contribution < 1.29 is 9.47 Å². The van der Waals surface area contributed by atoms with Gasteiger partial charge in [-0.1, -0.05) is 6.07 Å². The smallest absolute Gasteiger partial charge is 0.123 e. The highest BCUT2D eigenvalue weighted by Crippen LogP contribution is 2.32. The number of methoxy groups -OCH3 is 2. The van der Waals surface area contributed by atoms with Gasteiger partial charge in [-0.2, -0.15) is 5.26 Å².